The summed E-state index contributed by atoms with van der Waals surface area (Å²) in [5.41, 5.74) is 4.27. The number of methoxy groups -OCH3 is 1. The van der Waals surface area contributed by atoms with Crippen LogP contribution in [-0.2, 0) is 11.2 Å². The number of amides is 2. The average molecular weight is 373 g/mol. The molecule has 0 radical (unpaired) electrons. The van der Waals surface area contributed by atoms with Crippen LogP contribution in [0, 0.1) is 11.6 Å². The lowest BCUT2D eigenvalue weighted by Crippen LogP contribution is -2.42. The van der Waals surface area contributed by atoms with Gasteiger partial charge in [0.15, 0.2) is 0 Å². The number of rotatable bonds is 3. The Hall–Kier alpha value is -3.29. The highest BCUT2D eigenvalue weighted by Gasteiger charge is 2.34. The molecule has 3 rings (SSSR count). The van der Waals surface area contributed by atoms with Crippen molar-refractivity contribution >= 4 is 17.7 Å². The second kappa shape index (κ2) is 7.53. The van der Waals surface area contributed by atoms with Gasteiger partial charge < -0.3 is 9.64 Å². The molecule has 0 spiro atoms. The molecule has 0 aliphatic heterocycles. The normalized spacial score (nSPS) is 16.7. The van der Waals surface area contributed by atoms with Crippen molar-refractivity contribution in [1.82, 2.24) is 10.3 Å². The minimum absolute atomic E-state index is 0.307. The first-order valence-corrected chi connectivity index (χ1v) is 8.13. The zero-order valence-corrected chi connectivity index (χ0v) is 14.7. The summed E-state index contributed by atoms with van der Waals surface area (Å²) in [6.07, 6.45) is -0.428. The summed E-state index contributed by atoms with van der Waals surface area (Å²) < 4.78 is 31.2. The first-order valence-electron chi connectivity index (χ1n) is 8.13. The van der Waals surface area contributed by atoms with Gasteiger partial charge in [0.1, 0.15) is 11.6 Å². The summed E-state index contributed by atoms with van der Waals surface area (Å²) in [5.74, 6) is -1.19. The Labute approximate surface area is 154 Å². The highest BCUT2D eigenvalue weighted by atomic mass is 19.1. The number of ether oxygens (including phenoxy) is 1. The molecule has 0 saturated carbocycles. The van der Waals surface area contributed by atoms with Crippen LogP contribution >= 0.6 is 0 Å². The topological polar surface area (TPSA) is 71.0 Å². The maximum Gasteiger partial charge on any atom is 0.427 e. The predicted molar refractivity (Wildman–Crippen MR) is 94.5 cm³/mol. The number of nitrogens with one attached hydrogen (secondary N) is 1. The van der Waals surface area contributed by atoms with Gasteiger partial charge in [-0.2, -0.15) is 5.10 Å². The van der Waals surface area contributed by atoms with Gasteiger partial charge in [-0.25, -0.2) is 19.0 Å². The third kappa shape index (κ3) is 3.79. The summed E-state index contributed by atoms with van der Waals surface area (Å²) in [6, 6.07) is 8.87. The highest BCUT2D eigenvalue weighted by molar-refractivity contribution is 6.11. The molecule has 8 heteroatoms. The van der Waals surface area contributed by atoms with E-state index in [1.54, 1.807) is 13.1 Å². The Morgan fingerprint density at radius 3 is 2.48 bits per heavy atom. The number of likely N-dealkylation sites (N-methyl/N-ethyl adjacent to an activating group) is 1. The standard InChI is InChI=1S/C19H17F2N3O3/c1-24(18(25)11-3-5-13(20)6-4-11)16-10-12-9-14(21)7-8-15(12)17(16)22-23-19(26)27-2/h3-9,16H,10H2,1-2H3,(H,23,26)/b22-17+. The van der Waals surface area contributed by atoms with E-state index in [-0.39, 0.29) is 5.91 Å². The van der Waals surface area contributed by atoms with Crippen molar-refractivity contribution in [3.63, 3.8) is 0 Å². The molecule has 0 heterocycles. The molecule has 2 aromatic carbocycles. The van der Waals surface area contributed by atoms with Gasteiger partial charge in [-0.05, 0) is 54.4 Å². The molecule has 0 saturated heterocycles. The molecule has 6 nitrogen and oxygen atoms in total. The molecule has 2 aromatic rings. The van der Waals surface area contributed by atoms with Crippen LogP contribution in [0.3, 0.4) is 0 Å². The van der Waals surface area contributed by atoms with E-state index in [0.29, 0.717) is 28.8 Å². The van der Waals surface area contributed by atoms with E-state index in [2.05, 4.69) is 15.3 Å². The largest absolute Gasteiger partial charge is 0.452 e. The molecule has 1 aliphatic rings. The number of hydrogen-bond acceptors (Lipinski definition) is 4. The fraction of sp³-hybridized carbons (Fsp3) is 0.211. The molecule has 0 bridgehead atoms. The first kappa shape index (κ1) is 18.5. The van der Waals surface area contributed by atoms with Crippen LogP contribution in [0.4, 0.5) is 13.6 Å². The second-order valence-corrected chi connectivity index (χ2v) is 6.04. The minimum Gasteiger partial charge on any atom is -0.452 e. The summed E-state index contributed by atoms with van der Waals surface area (Å²) in [4.78, 5) is 25.6. The number of benzene rings is 2. The minimum atomic E-state index is -0.760. The number of carbonyl (C=O) groups is 2. The van der Waals surface area contributed by atoms with Gasteiger partial charge in [-0.3, -0.25) is 4.79 Å². The van der Waals surface area contributed by atoms with Gasteiger partial charge in [-0.15, -0.1) is 0 Å². The van der Waals surface area contributed by atoms with Crippen LogP contribution in [-0.4, -0.2) is 42.8 Å². The number of carbonyl (C=O) groups excluding carboxylic acids is 2. The number of hydrogen-bond donors (Lipinski definition) is 1. The molecule has 1 N–H and O–H groups in total. The van der Waals surface area contributed by atoms with Gasteiger partial charge in [0.05, 0.1) is 18.9 Å². The first-order chi connectivity index (χ1) is 12.9. The van der Waals surface area contributed by atoms with E-state index in [0.717, 1.165) is 0 Å². The molecule has 1 unspecified atom stereocenters. The van der Waals surface area contributed by atoms with E-state index in [4.69, 9.17) is 0 Å². The van der Waals surface area contributed by atoms with E-state index >= 15 is 0 Å². The van der Waals surface area contributed by atoms with Crippen molar-refractivity contribution in [3.8, 4) is 0 Å². The van der Waals surface area contributed by atoms with E-state index < -0.39 is 23.8 Å². The van der Waals surface area contributed by atoms with Crippen molar-refractivity contribution in [1.29, 1.82) is 0 Å². The third-order valence-corrected chi connectivity index (χ3v) is 4.40. The molecule has 1 atom stereocenters. The molecule has 1 aliphatic carbocycles. The Bertz CT molecular complexity index is 913. The van der Waals surface area contributed by atoms with Crippen LogP contribution in [0.2, 0.25) is 0 Å². The number of halogens is 2. The molecule has 2 amide bonds. The van der Waals surface area contributed by atoms with Crippen LogP contribution in [0.5, 0.6) is 0 Å². The summed E-state index contributed by atoms with van der Waals surface area (Å²) in [5, 5.41) is 4.07. The monoisotopic (exact) mass is 373 g/mol. The predicted octanol–water partition coefficient (Wildman–Crippen LogP) is 2.72. The van der Waals surface area contributed by atoms with Gasteiger partial charge >= 0.3 is 6.09 Å². The summed E-state index contributed by atoms with van der Waals surface area (Å²) >= 11 is 0. The second-order valence-electron chi connectivity index (χ2n) is 6.04. The Morgan fingerprint density at radius 1 is 1.15 bits per heavy atom. The molecule has 0 fully saturated rings. The average Bonchev–Trinajstić information content (AvgIpc) is 3.02. The Kier molecular flexibility index (Phi) is 5.16. The van der Waals surface area contributed by atoms with E-state index in [1.165, 1.54) is 48.4 Å². The lowest BCUT2D eigenvalue weighted by atomic mass is 10.1. The van der Waals surface area contributed by atoms with Crippen LogP contribution < -0.4 is 5.43 Å². The van der Waals surface area contributed by atoms with Crippen molar-refractivity contribution < 1.29 is 23.1 Å². The van der Waals surface area contributed by atoms with E-state index in [9.17, 15) is 18.4 Å². The van der Waals surface area contributed by atoms with Crippen molar-refractivity contribution in [2.75, 3.05) is 14.2 Å². The maximum absolute atomic E-state index is 13.6. The van der Waals surface area contributed by atoms with Crippen molar-refractivity contribution in [3.05, 3.63) is 70.8 Å². The summed E-state index contributed by atoms with van der Waals surface area (Å²) in [7, 11) is 2.78. The van der Waals surface area contributed by atoms with Gasteiger partial charge in [0.25, 0.3) is 5.91 Å². The number of hydrazone groups is 1. The lowest BCUT2D eigenvalue weighted by molar-refractivity contribution is 0.0772. The summed E-state index contributed by atoms with van der Waals surface area (Å²) in [6.45, 7) is 0. The lowest BCUT2D eigenvalue weighted by Gasteiger charge is -2.25. The Balaban J connectivity index is 1.93. The molecule has 27 heavy (non-hydrogen) atoms. The Morgan fingerprint density at radius 2 is 1.81 bits per heavy atom. The van der Waals surface area contributed by atoms with Gasteiger partial charge in [-0.1, -0.05) is 0 Å². The molecule has 0 aromatic heterocycles. The third-order valence-electron chi connectivity index (χ3n) is 4.40. The smallest absolute Gasteiger partial charge is 0.427 e. The quantitative estimate of drug-likeness (QED) is 0.841. The van der Waals surface area contributed by atoms with Crippen LogP contribution in [0.15, 0.2) is 47.6 Å². The highest BCUT2D eigenvalue weighted by Crippen LogP contribution is 2.27. The fourth-order valence-electron chi connectivity index (χ4n) is 3.01. The van der Waals surface area contributed by atoms with Crippen LogP contribution in [0.1, 0.15) is 21.5 Å². The van der Waals surface area contributed by atoms with Gasteiger partial charge in [0.2, 0.25) is 0 Å². The fourth-order valence-corrected chi connectivity index (χ4v) is 3.01. The zero-order chi connectivity index (χ0) is 19.6. The maximum atomic E-state index is 13.6. The zero-order valence-electron chi connectivity index (χ0n) is 14.7. The van der Waals surface area contributed by atoms with E-state index in [1.807, 2.05) is 0 Å². The molecule has 140 valence electrons. The number of fused-ring (bicyclic) bond motifs is 1. The van der Waals surface area contributed by atoms with Gasteiger partial charge in [0, 0.05) is 18.2 Å². The molecular formula is C19H17F2N3O3. The molecular weight excluding hydrogens is 356 g/mol. The SMILES string of the molecule is COC(=O)N/N=C1\c2ccc(F)cc2CC1N(C)C(=O)c1ccc(F)cc1. The van der Waals surface area contributed by atoms with Crippen LogP contribution in [0.25, 0.3) is 0 Å². The van der Waals surface area contributed by atoms with Crippen molar-refractivity contribution in [2.24, 2.45) is 5.10 Å². The number of nitrogens with zero attached hydrogens (tertiary/aromatic N) is 2. The van der Waals surface area contributed by atoms with Crippen molar-refractivity contribution in [2.45, 2.75) is 12.5 Å².